The number of nitrogens with one attached hydrogen (secondary N) is 2. The number of hydrogen-bond acceptors (Lipinski definition) is 3. The lowest BCUT2D eigenvalue weighted by Gasteiger charge is -2.34. The molecule has 4 rings (SSSR count). The molecule has 2 aromatic carbocycles. The molecule has 1 unspecified atom stereocenters. The predicted molar refractivity (Wildman–Crippen MR) is 111 cm³/mol. The van der Waals surface area contributed by atoms with E-state index >= 15 is 0 Å². The standard InChI is InChI=1S/C21H23BrN2O3S/c22-17-8-4-15(5-9-17)20(14-2-1-3-14)23-21(25)16-6-12-19(13-7-16)28(26,27)24-18-10-11-18/h4-9,12-14,18,20,24H,1-3,10-11H2,(H,23,25). The van der Waals surface area contributed by atoms with Crippen LogP contribution in [0.3, 0.4) is 0 Å². The molecule has 0 saturated heterocycles. The largest absolute Gasteiger partial charge is 0.345 e. The maximum absolute atomic E-state index is 12.8. The maximum Gasteiger partial charge on any atom is 0.251 e. The van der Waals surface area contributed by atoms with Gasteiger partial charge in [0.2, 0.25) is 10.0 Å². The molecule has 2 aromatic rings. The van der Waals surface area contributed by atoms with Crippen molar-refractivity contribution in [2.45, 2.75) is 49.1 Å². The van der Waals surface area contributed by atoms with Gasteiger partial charge in [0.25, 0.3) is 5.91 Å². The Labute approximate surface area is 174 Å². The van der Waals surface area contributed by atoms with E-state index in [9.17, 15) is 13.2 Å². The first-order valence-electron chi connectivity index (χ1n) is 9.61. The average Bonchev–Trinajstić information content (AvgIpc) is 3.44. The molecular weight excluding hydrogens is 440 g/mol. The Morgan fingerprint density at radius 3 is 2.14 bits per heavy atom. The summed E-state index contributed by atoms with van der Waals surface area (Å²) in [5.41, 5.74) is 1.56. The topological polar surface area (TPSA) is 75.3 Å². The van der Waals surface area contributed by atoms with E-state index in [0.717, 1.165) is 35.7 Å². The van der Waals surface area contributed by atoms with Crippen LogP contribution in [0.4, 0.5) is 0 Å². The van der Waals surface area contributed by atoms with Gasteiger partial charge < -0.3 is 5.32 Å². The molecule has 148 valence electrons. The van der Waals surface area contributed by atoms with Gasteiger partial charge in [-0.25, -0.2) is 13.1 Å². The van der Waals surface area contributed by atoms with Gasteiger partial charge in [0, 0.05) is 16.1 Å². The molecule has 2 aliphatic carbocycles. The quantitative estimate of drug-likeness (QED) is 0.648. The van der Waals surface area contributed by atoms with Gasteiger partial charge in [-0.1, -0.05) is 34.5 Å². The summed E-state index contributed by atoms with van der Waals surface area (Å²) in [5.74, 6) is 0.256. The van der Waals surface area contributed by atoms with E-state index in [1.807, 2.05) is 24.3 Å². The van der Waals surface area contributed by atoms with Crippen molar-refractivity contribution >= 4 is 31.9 Å². The summed E-state index contributed by atoms with van der Waals surface area (Å²) in [5, 5.41) is 3.15. The van der Waals surface area contributed by atoms with Gasteiger partial charge in [0.15, 0.2) is 0 Å². The van der Waals surface area contributed by atoms with Crippen LogP contribution in [-0.2, 0) is 10.0 Å². The second kappa shape index (κ2) is 7.97. The van der Waals surface area contributed by atoms with Crippen LogP contribution in [0.25, 0.3) is 0 Å². The predicted octanol–water partition coefficient (Wildman–Crippen LogP) is 4.16. The van der Waals surface area contributed by atoms with Gasteiger partial charge in [-0.2, -0.15) is 0 Å². The summed E-state index contributed by atoms with van der Waals surface area (Å²) < 4.78 is 28.2. The number of hydrogen-bond donors (Lipinski definition) is 2. The van der Waals surface area contributed by atoms with Gasteiger partial charge in [-0.15, -0.1) is 0 Å². The first-order chi connectivity index (χ1) is 13.4. The molecule has 5 nitrogen and oxygen atoms in total. The van der Waals surface area contributed by atoms with Crippen LogP contribution in [0.1, 0.15) is 54.1 Å². The number of carbonyl (C=O) groups excluding carboxylic acids is 1. The van der Waals surface area contributed by atoms with Crippen LogP contribution in [0.2, 0.25) is 0 Å². The Balaban J connectivity index is 1.48. The van der Waals surface area contributed by atoms with E-state index in [1.54, 1.807) is 12.1 Å². The monoisotopic (exact) mass is 462 g/mol. The molecular formula is C21H23BrN2O3S. The van der Waals surface area contributed by atoms with E-state index in [-0.39, 0.29) is 22.9 Å². The van der Waals surface area contributed by atoms with E-state index in [1.165, 1.54) is 18.6 Å². The Kier molecular flexibility index (Phi) is 5.58. The molecule has 2 saturated carbocycles. The highest BCUT2D eigenvalue weighted by Crippen LogP contribution is 2.38. The molecule has 0 spiro atoms. The Bertz CT molecular complexity index is 950. The molecule has 0 bridgehead atoms. The molecule has 2 fully saturated rings. The van der Waals surface area contributed by atoms with Crippen molar-refractivity contribution in [3.05, 3.63) is 64.1 Å². The van der Waals surface area contributed by atoms with Gasteiger partial charge in [-0.05, 0) is 73.6 Å². The summed E-state index contributed by atoms with van der Waals surface area (Å²) in [7, 11) is -3.50. The highest BCUT2D eigenvalue weighted by atomic mass is 79.9. The Morgan fingerprint density at radius 1 is 0.964 bits per heavy atom. The van der Waals surface area contributed by atoms with Crippen LogP contribution in [-0.4, -0.2) is 20.4 Å². The van der Waals surface area contributed by atoms with Crippen molar-refractivity contribution in [2.75, 3.05) is 0 Å². The van der Waals surface area contributed by atoms with Crippen LogP contribution in [0.15, 0.2) is 57.9 Å². The summed E-state index contributed by atoms with van der Waals surface area (Å²) in [6, 6.07) is 14.2. The second-order valence-electron chi connectivity index (χ2n) is 7.61. The molecule has 0 radical (unpaired) electrons. The summed E-state index contributed by atoms with van der Waals surface area (Å²) >= 11 is 3.45. The van der Waals surface area contributed by atoms with Crippen LogP contribution in [0, 0.1) is 5.92 Å². The van der Waals surface area contributed by atoms with Crippen molar-refractivity contribution in [3.63, 3.8) is 0 Å². The van der Waals surface area contributed by atoms with E-state index in [0.29, 0.717) is 11.5 Å². The molecule has 0 aliphatic heterocycles. The fraction of sp³-hybridized carbons (Fsp3) is 0.381. The lowest BCUT2D eigenvalue weighted by atomic mass is 9.77. The van der Waals surface area contributed by atoms with Gasteiger partial charge in [0.1, 0.15) is 0 Å². The molecule has 2 N–H and O–H groups in total. The number of halogens is 1. The van der Waals surface area contributed by atoms with Gasteiger partial charge in [0.05, 0.1) is 10.9 Å². The molecule has 7 heteroatoms. The van der Waals surface area contributed by atoms with Crippen molar-refractivity contribution in [3.8, 4) is 0 Å². The first kappa shape index (κ1) is 19.6. The van der Waals surface area contributed by atoms with Crippen molar-refractivity contribution in [1.82, 2.24) is 10.0 Å². The molecule has 28 heavy (non-hydrogen) atoms. The Morgan fingerprint density at radius 2 is 1.61 bits per heavy atom. The lowest BCUT2D eigenvalue weighted by molar-refractivity contribution is 0.0900. The fourth-order valence-electron chi connectivity index (χ4n) is 3.42. The third kappa shape index (κ3) is 4.47. The van der Waals surface area contributed by atoms with E-state index in [4.69, 9.17) is 0 Å². The number of rotatable bonds is 7. The second-order valence-corrected chi connectivity index (χ2v) is 10.2. The summed E-state index contributed by atoms with van der Waals surface area (Å²) in [4.78, 5) is 13.0. The Hall–Kier alpha value is -1.70. The average molecular weight is 463 g/mol. The lowest BCUT2D eigenvalue weighted by Crippen LogP contribution is -2.36. The molecule has 1 amide bonds. The minimum atomic E-state index is -3.50. The number of carbonyl (C=O) groups is 1. The smallest absolute Gasteiger partial charge is 0.251 e. The van der Waals surface area contributed by atoms with Crippen molar-refractivity contribution in [2.24, 2.45) is 5.92 Å². The highest BCUT2D eigenvalue weighted by Gasteiger charge is 2.30. The third-order valence-corrected chi connectivity index (χ3v) is 7.53. The van der Waals surface area contributed by atoms with E-state index in [2.05, 4.69) is 26.0 Å². The van der Waals surface area contributed by atoms with Gasteiger partial charge in [-0.3, -0.25) is 4.79 Å². The molecule has 2 aliphatic rings. The molecule has 0 heterocycles. The van der Waals surface area contributed by atoms with Crippen LogP contribution in [0.5, 0.6) is 0 Å². The van der Waals surface area contributed by atoms with Crippen LogP contribution >= 0.6 is 15.9 Å². The molecule has 0 aromatic heterocycles. The SMILES string of the molecule is O=C(NC(c1ccc(Br)cc1)C1CCC1)c1ccc(S(=O)(=O)NC2CC2)cc1. The maximum atomic E-state index is 12.8. The minimum Gasteiger partial charge on any atom is -0.345 e. The third-order valence-electron chi connectivity index (χ3n) is 5.46. The zero-order valence-electron chi connectivity index (χ0n) is 15.4. The fourth-order valence-corrected chi connectivity index (χ4v) is 4.98. The van der Waals surface area contributed by atoms with Crippen molar-refractivity contribution in [1.29, 1.82) is 0 Å². The zero-order chi connectivity index (χ0) is 19.7. The minimum absolute atomic E-state index is 0.0331. The first-order valence-corrected chi connectivity index (χ1v) is 11.9. The van der Waals surface area contributed by atoms with E-state index < -0.39 is 10.0 Å². The normalized spacial score (nSPS) is 18.3. The van der Waals surface area contributed by atoms with Crippen molar-refractivity contribution < 1.29 is 13.2 Å². The van der Waals surface area contributed by atoms with Gasteiger partial charge >= 0.3 is 0 Å². The number of benzene rings is 2. The number of amides is 1. The molecule has 1 atom stereocenters. The number of sulfonamides is 1. The van der Waals surface area contributed by atoms with Crippen LogP contribution < -0.4 is 10.0 Å². The highest BCUT2D eigenvalue weighted by molar-refractivity contribution is 9.10. The zero-order valence-corrected chi connectivity index (χ0v) is 17.8. The summed E-state index contributed by atoms with van der Waals surface area (Å²) in [6.07, 6.45) is 5.17. The summed E-state index contributed by atoms with van der Waals surface area (Å²) in [6.45, 7) is 0.